The second kappa shape index (κ2) is 9.66. The van der Waals surface area contributed by atoms with Gasteiger partial charge in [-0.3, -0.25) is 10.1 Å². The standard InChI is InChI=1S/C20H19BrClFIN3O7/c1-19(2,3)34-18(29)26-5-6-33-20(8-26,17(28)32-4)11-9-7-10(24)12(21)13(23)14(9)25-16(22)15(11)27(30)31/h7H,5-6,8H2,1-4H3. The second-order valence-corrected chi connectivity index (χ2v) is 10.6. The largest absolute Gasteiger partial charge is 0.467 e. The number of pyridine rings is 1. The summed E-state index contributed by atoms with van der Waals surface area (Å²) in [6.45, 7) is 4.35. The summed E-state index contributed by atoms with van der Waals surface area (Å²) in [6, 6.07) is 1.41. The number of nitro groups is 1. The monoisotopic (exact) mass is 673 g/mol. The van der Waals surface area contributed by atoms with Crippen LogP contribution in [0.15, 0.2) is 10.5 Å². The van der Waals surface area contributed by atoms with Crippen LogP contribution >= 0.6 is 50.1 Å². The predicted molar refractivity (Wildman–Crippen MR) is 131 cm³/mol. The summed E-state index contributed by atoms with van der Waals surface area (Å²) in [6.07, 6.45) is -0.764. The van der Waals surface area contributed by atoms with Crippen LogP contribution in [0.2, 0.25) is 5.15 Å². The number of esters is 1. The Bertz CT molecular complexity index is 1210. The molecule has 14 heteroatoms. The molecule has 1 aliphatic rings. The molecule has 0 aliphatic carbocycles. The fraction of sp³-hybridized carbons (Fsp3) is 0.450. The maximum atomic E-state index is 15.1. The van der Waals surface area contributed by atoms with Crippen LogP contribution < -0.4 is 0 Å². The molecule has 0 bridgehead atoms. The molecular formula is C20H19BrClFIN3O7. The van der Waals surface area contributed by atoms with Crippen molar-refractivity contribution in [2.75, 3.05) is 26.8 Å². The van der Waals surface area contributed by atoms with Crippen molar-refractivity contribution < 1.29 is 33.1 Å². The summed E-state index contributed by atoms with van der Waals surface area (Å²) in [5, 5.41) is 11.3. The number of ether oxygens (including phenoxy) is 3. The second-order valence-electron chi connectivity index (χ2n) is 8.33. The van der Waals surface area contributed by atoms with E-state index in [1.54, 1.807) is 20.8 Å². The van der Waals surface area contributed by atoms with E-state index in [4.69, 9.17) is 25.8 Å². The number of benzene rings is 1. The lowest BCUT2D eigenvalue weighted by Gasteiger charge is -2.41. The number of amides is 1. The lowest BCUT2D eigenvalue weighted by Crippen LogP contribution is -2.57. The molecule has 0 N–H and O–H groups in total. The lowest BCUT2D eigenvalue weighted by molar-refractivity contribution is -0.386. The van der Waals surface area contributed by atoms with Crippen molar-refractivity contribution in [3.63, 3.8) is 0 Å². The summed E-state index contributed by atoms with van der Waals surface area (Å²) in [5.41, 5.74) is -4.49. The van der Waals surface area contributed by atoms with Gasteiger partial charge in [0, 0.05) is 15.5 Å². The number of halogens is 4. The Morgan fingerprint density at radius 3 is 2.65 bits per heavy atom. The fourth-order valence-electron chi connectivity index (χ4n) is 3.59. The van der Waals surface area contributed by atoms with E-state index in [0.717, 1.165) is 7.11 Å². The molecule has 10 nitrogen and oxygen atoms in total. The highest BCUT2D eigenvalue weighted by Gasteiger charge is 2.54. The van der Waals surface area contributed by atoms with Gasteiger partial charge in [0.25, 0.3) is 0 Å². The number of hydrogen-bond donors (Lipinski definition) is 0. The summed E-state index contributed by atoms with van der Waals surface area (Å²) in [5.74, 6) is -1.87. The number of carbonyl (C=O) groups excluding carboxylic acids is 2. The van der Waals surface area contributed by atoms with Gasteiger partial charge in [0.1, 0.15) is 11.1 Å². The number of methoxy groups -OCH3 is 1. The van der Waals surface area contributed by atoms with Crippen molar-refractivity contribution in [3.05, 3.63) is 40.8 Å². The Morgan fingerprint density at radius 2 is 2.09 bits per heavy atom. The first kappa shape index (κ1) is 26.8. The Morgan fingerprint density at radius 1 is 1.44 bits per heavy atom. The van der Waals surface area contributed by atoms with Crippen molar-refractivity contribution in [1.82, 2.24) is 9.88 Å². The normalized spacial score (nSPS) is 18.6. The Balaban J connectivity index is 2.37. The van der Waals surface area contributed by atoms with Crippen LogP contribution in [0.5, 0.6) is 0 Å². The van der Waals surface area contributed by atoms with E-state index in [1.165, 1.54) is 11.0 Å². The molecule has 2 aromatic rings. The first-order chi connectivity index (χ1) is 15.7. The quantitative estimate of drug-likeness (QED) is 0.112. The molecule has 1 unspecified atom stereocenters. The number of fused-ring (bicyclic) bond motifs is 1. The summed E-state index contributed by atoms with van der Waals surface area (Å²) in [4.78, 5) is 42.3. The molecular weight excluding hydrogens is 655 g/mol. The average Bonchev–Trinajstić information content (AvgIpc) is 2.75. The smallest absolute Gasteiger partial charge is 0.410 e. The van der Waals surface area contributed by atoms with Crippen molar-refractivity contribution in [3.8, 4) is 0 Å². The number of rotatable bonds is 3. The molecule has 1 aliphatic heterocycles. The van der Waals surface area contributed by atoms with Crippen molar-refractivity contribution in [1.29, 1.82) is 0 Å². The SMILES string of the molecule is COC(=O)C1(c2c([N+](=O)[O-])c(Cl)nc3c(F)c(Br)c(I)cc23)CN(C(=O)OC(C)(C)C)CCO1. The third kappa shape index (κ3) is 4.79. The number of aromatic nitrogens is 1. The van der Waals surface area contributed by atoms with E-state index >= 15 is 4.39 Å². The van der Waals surface area contributed by atoms with E-state index in [-0.39, 0.29) is 34.1 Å². The minimum Gasteiger partial charge on any atom is -0.467 e. The first-order valence-electron chi connectivity index (χ1n) is 9.75. The van der Waals surface area contributed by atoms with Gasteiger partial charge in [-0.05, 0) is 65.4 Å². The van der Waals surface area contributed by atoms with Crippen LogP contribution in [-0.2, 0) is 24.6 Å². The number of hydrogen-bond acceptors (Lipinski definition) is 8. The van der Waals surface area contributed by atoms with Gasteiger partial charge in [-0.25, -0.2) is 19.0 Å². The molecule has 1 fully saturated rings. The van der Waals surface area contributed by atoms with Gasteiger partial charge in [0.05, 0.1) is 35.2 Å². The molecule has 34 heavy (non-hydrogen) atoms. The van der Waals surface area contributed by atoms with Crippen LogP contribution in [-0.4, -0.2) is 59.3 Å². The highest BCUT2D eigenvalue weighted by Crippen LogP contribution is 2.46. The van der Waals surface area contributed by atoms with Crippen molar-refractivity contribution >= 4 is 78.8 Å². The molecule has 1 aromatic carbocycles. The number of carbonyl (C=O) groups is 2. The maximum Gasteiger partial charge on any atom is 0.410 e. The van der Waals surface area contributed by atoms with E-state index in [1.807, 2.05) is 22.6 Å². The van der Waals surface area contributed by atoms with Crippen LogP contribution in [0, 0.1) is 19.5 Å². The molecule has 1 amide bonds. The van der Waals surface area contributed by atoms with Crippen molar-refractivity contribution in [2.24, 2.45) is 0 Å². The summed E-state index contributed by atoms with van der Waals surface area (Å²) < 4.78 is 31.7. The Hall–Kier alpha value is -1.84. The van der Waals surface area contributed by atoms with E-state index < -0.39 is 51.4 Å². The highest BCUT2D eigenvalue weighted by molar-refractivity contribution is 14.1. The predicted octanol–water partition coefficient (Wildman–Crippen LogP) is 4.94. The minimum absolute atomic E-state index is 0.0373. The minimum atomic E-state index is -2.21. The van der Waals surface area contributed by atoms with Gasteiger partial charge in [0.15, 0.2) is 5.82 Å². The van der Waals surface area contributed by atoms with Crippen molar-refractivity contribution in [2.45, 2.75) is 32.0 Å². The fourth-order valence-corrected chi connectivity index (χ4v) is 4.69. The molecule has 3 rings (SSSR count). The zero-order valence-corrected chi connectivity index (χ0v) is 22.9. The molecule has 1 aromatic heterocycles. The number of morpholine rings is 1. The third-order valence-electron chi connectivity index (χ3n) is 4.92. The molecule has 0 spiro atoms. The van der Waals surface area contributed by atoms with Gasteiger partial charge < -0.3 is 19.1 Å². The van der Waals surface area contributed by atoms with Crippen LogP contribution in [0.25, 0.3) is 10.9 Å². The maximum absolute atomic E-state index is 15.1. The zero-order valence-electron chi connectivity index (χ0n) is 18.4. The van der Waals surface area contributed by atoms with Crippen LogP contribution in [0.4, 0.5) is 14.9 Å². The van der Waals surface area contributed by atoms with E-state index in [0.29, 0.717) is 3.57 Å². The first-order valence-corrected chi connectivity index (χ1v) is 12.0. The van der Waals surface area contributed by atoms with Gasteiger partial charge in [-0.1, -0.05) is 11.6 Å². The molecule has 0 saturated carbocycles. The topological polar surface area (TPSA) is 121 Å². The summed E-state index contributed by atoms with van der Waals surface area (Å²) >= 11 is 11.1. The average molecular weight is 675 g/mol. The summed E-state index contributed by atoms with van der Waals surface area (Å²) in [7, 11) is 1.07. The van der Waals surface area contributed by atoms with Gasteiger partial charge in [-0.2, -0.15) is 0 Å². The lowest BCUT2D eigenvalue weighted by atomic mass is 9.87. The Kier molecular flexibility index (Phi) is 7.60. The molecule has 184 valence electrons. The van der Waals surface area contributed by atoms with Crippen LogP contribution in [0.1, 0.15) is 26.3 Å². The van der Waals surface area contributed by atoms with Gasteiger partial charge in [-0.15, -0.1) is 0 Å². The number of nitrogens with zero attached hydrogens (tertiary/aromatic N) is 3. The zero-order chi connectivity index (χ0) is 25.6. The third-order valence-corrected chi connectivity index (χ3v) is 7.56. The molecule has 2 heterocycles. The van der Waals surface area contributed by atoms with Gasteiger partial charge >= 0.3 is 17.7 Å². The van der Waals surface area contributed by atoms with Crippen LogP contribution in [0.3, 0.4) is 0 Å². The Labute approximate surface area is 220 Å². The molecule has 1 atom stereocenters. The van der Waals surface area contributed by atoms with Gasteiger partial charge in [0.2, 0.25) is 10.8 Å². The van der Waals surface area contributed by atoms with E-state index in [9.17, 15) is 19.7 Å². The molecule has 0 radical (unpaired) electrons. The highest BCUT2D eigenvalue weighted by atomic mass is 127. The molecule has 1 saturated heterocycles. The van der Waals surface area contributed by atoms with E-state index in [2.05, 4.69) is 20.9 Å².